The van der Waals surface area contributed by atoms with Gasteiger partial charge in [0.15, 0.2) is 5.75 Å². The van der Waals surface area contributed by atoms with Crippen molar-refractivity contribution in [3.05, 3.63) is 33.9 Å². The normalized spacial score (nSPS) is 17.9. The van der Waals surface area contributed by atoms with E-state index in [4.69, 9.17) is 14.6 Å². The average Bonchev–Trinajstić information content (AvgIpc) is 2.91. The minimum absolute atomic E-state index is 0.0205. The van der Waals surface area contributed by atoms with Crippen LogP contribution in [-0.2, 0) is 4.74 Å². The maximum atomic E-state index is 10.9. The quantitative estimate of drug-likeness (QED) is 0.634. The highest BCUT2D eigenvalue weighted by atomic mass is 16.6. The Balaban J connectivity index is 2.04. The van der Waals surface area contributed by atoms with Gasteiger partial charge < -0.3 is 14.6 Å². The van der Waals surface area contributed by atoms with Crippen LogP contribution in [0.2, 0.25) is 0 Å². The molecule has 0 aromatic heterocycles. The number of carboxylic acids is 1. The van der Waals surface area contributed by atoms with Crippen LogP contribution in [0, 0.1) is 10.1 Å². The molecule has 1 aliphatic heterocycles. The molecule has 20 heavy (non-hydrogen) atoms. The number of nitro benzene ring substituents is 1. The van der Waals surface area contributed by atoms with E-state index in [0.717, 1.165) is 25.5 Å². The largest absolute Gasteiger partial charge is 0.487 e. The first kappa shape index (κ1) is 14.3. The van der Waals surface area contributed by atoms with Gasteiger partial charge in [-0.2, -0.15) is 0 Å². The molecule has 1 aromatic rings. The van der Waals surface area contributed by atoms with Gasteiger partial charge >= 0.3 is 11.7 Å². The number of carboxylic acid groups (broad SMARTS) is 1. The van der Waals surface area contributed by atoms with Crippen molar-refractivity contribution < 1.29 is 24.3 Å². The number of ether oxygens (including phenoxy) is 2. The van der Waals surface area contributed by atoms with Crippen molar-refractivity contribution in [1.29, 1.82) is 0 Å². The molecule has 7 heteroatoms. The summed E-state index contributed by atoms with van der Waals surface area (Å²) in [5, 5.41) is 19.8. The van der Waals surface area contributed by atoms with Crippen LogP contribution in [0.15, 0.2) is 18.2 Å². The Labute approximate surface area is 115 Å². The van der Waals surface area contributed by atoms with Gasteiger partial charge in [-0.3, -0.25) is 10.1 Å². The first-order chi connectivity index (χ1) is 9.58. The number of hydrogen-bond donors (Lipinski definition) is 1. The molecule has 1 aromatic carbocycles. The van der Waals surface area contributed by atoms with E-state index in [-0.39, 0.29) is 29.7 Å². The zero-order valence-corrected chi connectivity index (χ0v) is 10.8. The molecule has 108 valence electrons. The zero-order chi connectivity index (χ0) is 14.5. The lowest BCUT2D eigenvalue weighted by Gasteiger charge is -2.11. The molecule has 7 nitrogen and oxygen atoms in total. The van der Waals surface area contributed by atoms with Gasteiger partial charge in [0.2, 0.25) is 0 Å². The van der Waals surface area contributed by atoms with Gasteiger partial charge in [-0.25, -0.2) is 4.79 Å². The van der Waals surface area contributed by atoms with E-state index < -0.39 is 10.9 Å². The first-order valence-corrected chi connectivity index (χ1v) is 6.34. The third-order valence-corrected chi connectivity index (χ3v) is 3.12. The van der Waals surface area contributed by atoms with E-state index >= 15 is 0 Å². The standard InChI is InChI=1S/C13H15NO6/c15-13(16)9-3-4-11(14(17)18)12(8-9)20-7-5-10-2-1-6-19-10/h3-4,8,10H,1-2,5-7H2,(H,15,16). The van der Waals surface area contributed by atoms with Crippen LogP contribution in [0.5, 0.6) is 5.75 Å². The van der Waals surface area contributed by atoms with E-state index in [0.29, 0.717) is 6.42 Å². The predicted octanol–water partition coefficient (Wildman–Crippen LogP) is 2.24. The number of nitro groups is 1. The second kappa shape index (κ2) is 6.33. The monoisotopic (exact) mass is 281 g/mol. The number of benzene rings is 1. The van der Waals surface area contributed by atoms with Crippen LogP contribution < -0.4 is 4.74 Å². The van der Waals surface area contributed by atoms with E-state index in [2.05, 4.69) is 0 Å². The van der Waals surface area contributed by atoms with Crippen molar-refractivity contribution in [2.75, 3.05) is 13.2 Å². The Kier molecular flexibility index (Phi) is 4.52. The molecule has 1 saturated heterocycles. The number of aromatic carboxylic acids is 1. The SMILES string of the molecule is O=C(O)c1ccc([N+](=O)[O-])c(OCCC2CCCO2)c1. The summed E-state index contributed by atoms with van der Waals surface area (Å²) in [7, 11) is 0. The van der Waals surface area contributed by atoms with Crippen molar-refractivity contribution in [2.45, 2.75) is 25.4 Å². The van der Waals surface area contributed by atoms with Crippen LogP contribution in [0.25, 0.3) is 0 Å². The molecule has 0 spiro atoms. The topological polar surface area (TPSA) is 98.9 Å². The Bertz CT molecular complexity index is 510. The maximum Gasteiger partial charge on any atom is 0.335 e. The number of hydrogen-bond acceptors (Lipinski definition) is 5. The van der Waals surface area contributed by atoms with Gasteiger partial charge in [0.1, 0.15) is 0 Å². The van der Waals surface area contributed by atoms with Gasteiger partial charge in [0.25, 0.3) is 0 Å². The molecule has 1 N–H and O–H groups in total. The highest BCUT2D eigenvalue weighted by Crippen LogP contribution is 2.28. The van der Waals surface area contributed by atoms with Crippen LogP contribution in [0.4, 0.5) is 5.69 Å². The second-order valence-corrected chi connectivity index (χ2v) is 4.52. The first-order valence-electron chi connectivity index (χ1n) is 6.34. The minimum Gasteiger partial charge on any atom is -0.487 e. The molecule has 1 fully saturated rings. The molecule has 0 bridgehead atoms. The van der Waals surface area contributed by atoms with Crippen LogP contribution in [0.1, 0.15) is 29.6 Å². The highest BCUT2D eigenvalue weighted by molar-refractivity contribution is 5.88. The summed E-state index contributed by atoms with van der Waals surface area (Å²) in [6, 6.07) is 3.51. The molecule has 0 aliphatic carbocycles. The van der Waals surface area contributed by atoms with E-state index in [1.165, 1.54) is 12.1 Å². The van der Waals surface area contributed by atoms with Crippen LogP contribution in [0.3, 0.4) is 0 Å². The molecule has 1 atom stereocenters. The lowest BCUT2D eigenvalue weighted by molar-refractivity contribution is -0.385. The number of nitrogens with zero attached hydrogens (tertiary/aromatic N) is 1. The fourth-order valence-corrected chi connectivity index (χ4v) is 2.09. The Hall–Kier alpha value is -2.15. The molecule has 1 unspecified atom stereocenters. The van der Waals surface area contributed by atoms with Gasteiger partial charge in [0.05, 0.1) is 23.2 Å². The Morgan fingerprint density at radius 1 is 1.55 bits per heavy atom. The summed E-state index contributed by atoms with van der Waals surface area (Å²) < 4.78 is 10.8. The van der Waals surface area contributed by atoms with Gasteiger partial charge in [-0.15, -0.1) is 0 Å². The smallest absolute Gasteiger partial charge is 0.335 e. The van der Waals surface area contributed by atoms with Crippen LogP contribution >= 0.6 is 0 Å². The van der Waals surface area contributed by atoms with Crippen LogP contribution in [-0.4, -0.2) is 35.3 Å². The van der Waals surface area contributed by atoms with Crippen molar-refractivity contribution in [2.24, 2.45) is 0 Å². The van der Waals surface area contributed by atoms with Crippen molar-refractivity contribution in [3.63, 3.8) is 0 Å². The van der Waals surface area contributed by atoms with E-state index in [1.54, 1.807) is 0 Å². The van der Waals surface area contributed by atoms with Crippen molar-refractivity contribution in [3.8, 4) is 5.75 Å². The van der Waals surface area contributed by atoms with Crippen molar-refractivity contribution in [1.82, 2.24) is 0 Å². The predicted molar refractivity (Wildman–Crippen MR) is 69.1 cm³/mol. The summed E-state index contributed by atoms with van der Waals surface area (Å²) in [6.45, 7) is 0.994. The van der Waals surface area contributed by atoms with E-state index in [1.807, 2.05) is 0 Å². The highest BCUT2D eigenvalue weighted by Gasteiger charge is 2.19. The Morgan fingerprint density at radius 3 is 2.95 bits per heavy atom. The fraction of sp³-hybridized carbons (Fsp3) is 0.462. The summed E-state index contributed by atoms with van der Waals surface area (Å²) in [6.07, 6.45) is 2.73. The van der Waals surface area contributed by atoms with Crippen molar-refractivity contribution >= 4 is 11.7 Å². The molecule has 2 rings (SSSR count). The van der Waals surface area contributed by atoms with Gasteiger partial charge in [0, 0.05) is 25.2 Å². The molecule has 0 saturated carbocycles. The maximum absolute atomic E-state index is 10.9. The molecular weight excluding hydrogens is 266 g/mol. The third kappa shape index (κ3) is 3.45. The van der Waals surface area contributed by atoms with Gasteiger partial charge in [-0.1, -0.05) is 0 Å². The van der Waals surface area contributed by atoms with Gasteiger partial charge in [-0.05, 0) is 18.9 Å². The summed E-state index contributed by atoms with van der Waals surface area (Å²) in [5.74, 6) is -1.17. The lowest BCUT2D eigenvalue weighted by Crippen LogP contribution is -2.11. The molecule has 1 heterocycles. The zero-order valence-electron chi connectivity index (χ0n) is 10.8. The molecular formula is C13H15NO6. The fourth-order valence-electron chi connectivity index (χ4n) is 2.09. The Morgan fingerprint density at radius 2 is 2.35 bits per heavy atom. The summed E-state index contributed by atoms with van der Waals surface area (Å²) in [5.41, 5.74) is -0.273. The summed E-state index contributed by atoms with van der Waals surface area (Å²) >= 11 is 0. The molecule has 0 amide bonds. The lowest BCUT2D eigenvalue weighted by atomic mass is 10.2. The molecule has 1 aliphatic rings. The average molecular weight is 281 g/mol. The van der Waals surface area contributed by atoms with E-state index in [9.17, 15) is 14.9 Å². The third-order valence-electron chi connectivity index (χ3n) is 3.12. The number of carbonyl (C=O) groups is 1. The summed E-state index contributed by atoms with van der Waals surface area (Å²) in [4.78, 5) is 21.2. The number of rotatable bonds is 6. The second-order valence-electron chi connectivity index (χ2n) is 4.52. The minimum atomic E-state index is -1.15. The molecule has 0 radical (unpaired) electrons.